The Morgan fingerprint density at radius 2 is 1.46 bits per heavy atom. The van der Waals surface area contributed by atoms with Crippen molar-refractivity contribution in [2.75, 3.05) is 69.3 Å². The van der Waals surface area contributed by atoms with Gasteiger partial charge in [-0.1, -0.05) is 12.1 Å². The zero-order valence-electron chi connectivity index (χ0n) is 36.0. The number of methoxy groups -OCH3 is 1. The van der Waals surface area contributed by atoms with E-state index in [2.05, 4.69) is 34.7 Å². The molecule has 2 saturated heterocycles. The Labute approximate surface area is 364 Å². The van der Waals surface area contributed by atoms with Gasteiger partial charge in [-0.3, -0.25) is 9.59 Å². The van der Waals surface area contributed by atoms with Crippen LogP contribution in [0.3, 0.4) is 0 Å². The van der Waals surface area contributed by atoms with E-state index in [9.17, 15) is 28.7 Å². The summed E-state index contributed by atoms with van der Waals surface area (Å²) in [6.07, 6.45) is 6.56. The Bertz CT molecular complexity index is 2460. The molecule has 2 N–H and O–H groups in total. The summed E-state index contributed by atoms with van der Waals surface area (Å²) in [6.45, 7) is 10.00. The van der Waals surface area contributed by atoms with Crippen LogP contribution < -0.4 is 20.1 Å². The maximum Gasteiger partial charge on any atom is 0.410 e. The first kappa shape index (κ1) is 44.4. The van der Waals surface area contributed by atoms with E-state index in [1.807, 2.05) is 39.0 Å². The van der Waals surface area contributed by atoms with Crippen molar-refractivity contribution in [3.63, 3.8) is 0 Å². The molecule has 0 atom stereocenters. The molecule has 5 heterocycles. The molecule has 1 saturated carbocycles. The largest absolute Gasteiger partial charge is 0.490 e. The number of esters is 1. The van der Waals surface area contributed by atoms with Crippen molar-refractivity contribution in [1.29, 1.82) is 0 Å². The van der Waals surface area contributed by atoms with Gasteiger partial charge in [0, 0.05) is 76.6 Å². The average molecular weight is 865 g/mol. The quantitative estimate of drug-likeness (QED) is 0.181. The van der Waals surface area contributed by atoms with Crippen molar-refractivity contribution in [3.8, 4) is 5.75 Å². The number of ether oxygens (including phenoxy) is 3. The van der Waals surface area contributed by atoms with Crippen LogP contribution in [0.15, 0.2) is 77.9 Å². The minimum atomic E-state index is -0.576. The lowest BCUT2D eigenvalue weighted by molar-refractivity contribution is 0.0240. The molecule has 332 valence electrons. The maximum atomic E-state index is 14.9. The number of nitrogens with zero attached hydrogens (tertiary/aromatic N) is 7. The first-order valence-electron chi connectivity index (χ1n) is 21.1. The first-order valence-corrected chi connectivity index (χ1v) is 21.1. The predicted octanol–water partition coefficient (Wildman–Crippen LogP) is 5.36. The minimum Gasteiger partial charge on any atom is -0.490 e. The molecule has 3 aliphatic rings. The van der Waals surface area contributed by atoms with E-state index in [0.29, 0.717) is 92.1 Å². The van der Waals surface area contributed by atoms with Gasteiger partial charge < -0.3 is 38.9 Å². The second-order valence-electron chi connectivity index (χ2n) is 16.7. The topological polar surface area (TPSA) is 184 Å². The number of aromatic nitrogens is 4. The third-order valence-electron chi connectivity index (χ3n) is 11.1. The highest BCUT2D eigenvalue weighted by Crippen LogP contribution is 2.29. The lowest BCUT2D eigenvalue weighted by Gasteiger charge is -2.36. The highest BCUT2D eigenvalue weighted by molar-refractivity contribution is 5.95. The summed E-state index contributed by atoms with van der Waals surface area (Å²) in [5.41, 5.74) is 1.72. The van der Waals surface area contributed by atoms with Crippen molar-refractivity contribution in [2.45, 2.75) is 64.8 Å². The Kier molecular flexibility index (Phi) is 13.8. The second-order valence-corrected chi connectivity index (χ2v) is 16.7. The molecule has 2 aromatic carbocycles. The van der Waals surface area contributed by atoms with E-state index in [4.69, 9.17) is 9.47 Å². The molecule has 16 nitrogen and oxygen atoms in total. The monoisotopic (exact) mass is 864 g/mol. The van der Waals surface area contributed by atoms with Crippen LogP contribution in [0.4, 0.5) is 20.8 Å². The maximum absolute atomic E-state index is 14.9. The van der Waals surface area contributed by atoms with E-state index in [1.54, 1.807) is 52.4 Å². The molecule has 5 aromatic rings. The van der Waals surface area contributed by atoms with Crippen LogP contribution in [0, 0.1) is 5.82 Å². The van der Waals surface area contributed by atoms with E-state index in [-0.39, 0.29) is 35.8 Å². The van der Waals surface area contributed by atoms with Gasteiger partial charge in [0.15, 0.2) is 0 Å². The van der Waals surface area contributed by atoms with Crippen molar-refractivity contribution >= 4 is 40.4 Å². The number of fused-ring (bicyclic) bond motifs is 1. The van der Waals surface area contributed by atoms with Gasteiger partial charge in [0.05, 0.1) is 42.0 Å². The molecular weight excluding hydrogens is 812 g/mol. The number of anilines is 2. The molecule has 0 radical (unpaired) electrons. The average Bonchev–Trinajstić information content (AvgIpc) is 3.28. The molecule has 2 aliphatic heterocycles. The van der Waals surface area contributed by atoms with Crippen LogP contribution in [0.25, 0.3) is 10.8 Å². The van der Waals surface area contributed by atoms with Crippen LogP contribution in [0.5, 0.6) is 5.75 Å². The number of piperazine rings is 2. The molecule has 17 heteroatoms. The molecule has 1 aliphatic carbocycles. The van der Waals surface area contributed by atoms with Crippen LogP contribution in [-0.4, -0.2) is 124 Å². The van der Waals surface area contributed by atoms with Gasteiger partial charge in [0.25, 0.3) is 11.5 Å². The molecule has 3 aromatic heterocycles. The molecule has 0 spiro atoms. The van der Waals surface area contributed by atoms with Gasteiger partial charge in [-0.2, -0.15) is 5.10 Å². The number of pyridine rings is 2. The lowest BCUT2D eigenvalue weighted by Crippen LogP contribution is -2.50. The molecule has 0 bridgehead atoms. The number of hydrogen-bond donors (Lipinski definition) is 2. The van der Waals surface area contributed by atoms with Gasteiger partial charge in [-0.25, -0.2) is 29.0 Å². The normalized spacial score (nSPS) is 15.6. The van der Waals surface area contributed by atoms with Gasteiger partial charge in [0.1, 0.15) is 28.8 Å². The smallest absolute Gasteiger partial charge is 0.410 e. The predicted molar refractivity (Wildman–Crippen MR) is 234 cm³/mol. The zero-order valence-corrected chi connectivity index (χ0v) is 36.0. The number of aliphatic hydroxyl groups excluding tert-OH is 1. The number of benzene rings is 2. The fourth-order valence-corrected chi connectivity index (χ4v) is 7.39. The van der Waals surface area contributed by atoms with Gasteiger partial charge in [-0.05, 0) is 99.7 Å². The van der Waals surface area contributed by atoms with E-state index < -0.39 is 17.4 Å². The Hall–Kier alpha value is -6.62. The fourth-order valence-electron chi connectivity index (χ4n) is 7.39. The molecule has 3 fully saturated rings. The molecule has 63 heavy (non-hydrogen) atoms. The standard InChI is InChI=1S/C30H30FN5O4.C16H23N3O4/c31-26-8-4-19(15-27-24-16-22(40-21-2-1-3-21)6-7-23(24)29(38)34-33-27)14-25(26)30(39)36-12-10-35(11-13-36)28-9-5-20(18-37)17-32-28;1-16(2,3)23-15(21)19-9-7-18(8-10-19)13-6-5-12(11-17-13)14(20)22-4/h4-9,14,16-17,21,37H,1-3,10-13,15,18H2,(H,34,38);5-6,11H,7-10H2,1-4H3. The summed E-state index contributed by atoms with van der Waals surface area (Å²) in [6, 6.07) is 17.1. The first-order chi connectivity index (χ1) is 30.3. The number of aromatic amines is 1. The SMILES string of the molecule is COC(=O)c1ccc(N2CCN(C(=O)OC(C)(C)C)CC2)nc1.O=C(c1cc(Cc2n[nH]c(=O)c3ccc(OC4CCC4)cc23)ccc1F)N1CCN(c2ccc(CO)cn2)CC1. The van der Waals surface area contributed by atoms with Gasteiger partial charge in [0.2, 0.25) is 0 Å². The Balaban J connectivity index is 0.000000220. The summed E-state index contributed by atoms with van der Waals surface area (Å²) < 4.78 is 30.9. The van der Waals surface area contributed by atoms with Crippen molar-refractivity contribution < 1.29 is 38.1 Å². The number of amides is 2. The zero-order chi connectivity index (χ0) is 44.7. The van der Waals surface area contributed by atoms with E-state index in [1.165, 1.54) is 19.4 Å². The highest BCUT2D eigenvalue weighted by atomic mass is 19.1. The Morgan fingerprint density at radius 3 is 2.03 bits per heavy atom. The number of carbonyl (C=O) groups is 3. The second kappa shape index (κ2) is 19.6. The van der Waals surface area contributed by atoms with E-state index in [0.717, 1.165) is 36.5 Å². The number of halogens is 1. The summed E-state index contributed by atoms with van der Waals surface area (Å²) in [5, 5.41) is 17.2. The number of H-pyrrole nitrogens is 1. The summed E-state index contributed by atoms with van der Waals surface area (Å²) in [7, 11) is 1.34. The third-order valence-corrected chi connectivity index (χ3v) is 11.1. The summed E-state index contributed by atoms with van der Waals surface area (Å²) in [4.78, 5) is 65.3. The number of carbonyl (C=O) groups excluding carboxylic acids is 3. The fraction of sp³-hybridized carbons (Fsp3) is 0.413. The summed E-state index contributed by atoms with van der Waals surface area (Å²) >= 11 is 0. The van der Waals surface area contributed by atoms with Crippen LogP contribution in [-0.2, 0) is 22.5 Å². The van der Waals surface area contributed by atoms with E-state index >= 15 is 0 Å². The van der Waals surface area contributed by atoms with Crippen molar-refractivity contribution in [2.24, 2.45) is 0 Å². The third kappa shape index (κ3) is 11.1. The Morgan fingerprint density at radius 1 is 0.810 bits per heavy atom. The number of rotatable bonds is 9. The number of aliphatic hydroxyl groups is 1. The van der Waals surface area contributed by atoms with Gasteiger partial charge in [-0.15, -0.1) is 0 Å². The van der Waals surface area contributed by atoms with Crippen LogP contribution in [0.2, 0.25) is 0 Å². The highest BCUT2D eigenvalue weighted by Gasteiger charge is 2.28. The number of nitrogens with one attached hydrogen (secondary N) is 1. The molecule has 8 rings (SSSR count). The van der Waals surface area contributed by atoms with Crippen LogP contribution in [0.1, 0.15) is 77.6 Å². The van der Waals surface area contributed by atoms with Crippen molar-refractivity contribution in [3.05, 3.63) is 117 Å². The molecule has 2 amide bonds. The minimum absolute atomic E-state index is 0.0131. The lowest BCUT2D eigenvalue weighted by atomic mass is 9.96. The number of hydrogen-bond acceptors (Lipinski definition) is 13. The summed E-state index contributed by atoms with van der Waals surface area (Å²) in [5.74, 6) is 0.908. The van der Waals surface area contributed by atoms with Crippen LogP contribution >= 0.6 is 0 Å². The van der Waals surface area contributed by atoms with Crippen molar-refractivity contribution in [1.82, 2.24) is 30.0 Å². The molecular formula is C46H53FN8O8. The molecule has 0 unspecified atom stereocenters. The van der Waals surface area contributed by atoms with Gasteiger partial charge >= 0.3 is 12.1 Å².